The fourth-order valence-electron chi connectivity index (χ4n) is 8.07. The molecule has 4 bridgehead atoms. The minimum absolute atomic E-state index is 0.0632. The number of carbonyl (C=O) groups excluding carboxylic acids is 1. The zero-order valence-electron chi connectivity index (χ0n) is 21.5. The van der Waals surface area contributed by atoms with E-state index in [4.69, 9.17) is 0 Å². The number of hydrogen-bond donors (Lipinski definition) is 2. The van der Waals surface area contributed by atoms with Gasteiger partial charge in [0.05, 0.1) is 28.9 Å². The number of nitrogens with one attached hydrogen (secondary N) is 1. The number of aromatic nitrogens is 1. The van der Waals surface area contributed by atoms with Crippen molar-refractivity contribution >= 4 is 28.9 Å². The summed E-state index contributed by atoms with van der Waals surface area (Å²) in [7, 11) is 0. The Labute approximate surface area is 221 Å². The summed E-state index contributed by atoms with van der Waals surface area (Å²) >= 11 is 0. The van der Waals surface area contributed by atoms with Crippen molar-refractivity contribution in [2.45, 2.75) is 62.5 Å². The normalized spacial score (nSPS) is 33.3. The van der Waals surface area contributed by atoms with Gasteiger partial charge in [-0.05, 0) is 74.1 Å². The van der Waals surface area contributed by atoms with E-state index in [1.54, 1.807) is 6.20 Å². The fourth-order valence-corrected chi connectivity index (χ4v) is 8.07. The summed E-state index contributed by atoms with van der Waals surface area (Å²) < 4.78 is 27.1. The smallest absolute Gasteiger partial charge is 0.322 e. The molecule has 7 nitrogen and oxygen atoms in total. The van der Waals surface area contributed by atoms with Crippen LogP contribution in [-0.2, 0) is 0 Å². The molecule has 202 valence electrons. The quantitative estimate of drug-likeness (QED) is 0.597. The first-order valence-electron chi connectivity index (χ1n) is 14.0. The summed E-state index contributed by atoms with van der Waals surface area (Å²) in [5.41, 5.74) is 2.11. The van der Waals surface area contributed by atoms with Gasteiger partial charge in [0, 0.05) is 45.1 Å². The number of halogens is 2. The van der Waals surface area contributed by atoms with E-state index in [0.29, 0.717) is 43.9 Å². The topological polar surface area (TPSA) is 71.9 Å². The molecule has 1 aromatic heterocycles. The Bertz CT molecular complexity index is 1200. The number of aliphatic hydroxyl groups is 1. The van der Waals surface area contributed by atoms with Gasteiger partial charge in [0.15, 0.2) is 0 Å². The van der Waals surface area contributed by atoms with Crippen molar-refractivity contribution in [2.75, 3.05) is 40.9 Å². The lowest BCUT2D eigenvalue weighted by Gasteiger charge is -2.58. The predicted molar refractivity (Wildman–Crippen MR) is 142 cm³/mol. The molecule has 4 saturated carbocycles. The van der Waals surface area contributed by atoms with E-state index in [0.717, 1.165) is 55.0 Å². The van der Waals surface area contributed by atoms with Crippen LogP contribution in [-0.4, -0.2) is 59.9 Å². The SMILES string of the molecule is O=C(NC1[C@@H]2CC3C[C@H]1CC(O)(C3)C2)N1CCN(c2ccc(N3CCC(F)(F)CC3)cn2)c2ccccc21. The second kappa shape index (κ2) is 8.79. The predicted octanol–water partition coefficient (Wildman–Crippen LogP) is 4.92. The number of para-hydroxylation sites is 2. The molecule has 5 atom stereocenters. The first kappa shape index (κ1) is 24.1. The second-order valence-electron chi connectivity index (χ2n) is 12.2. The maximum Gasteiger partial charge on any atom is 0.322 e. The van der Waals surface area contributed by atoms with Gasteiger partial charge >= 0.3 is 6.03 Å². The second-order valence-corrected chi connectivity index (χ2v) is 12.2. The van der Waals surface area contributed by atoms with Crippen LogP contribution in [0.5, 0.6) is 0 Å². The summed E-state index contributed by atoms with van der Waals surface area (Å²) in [6, 6.07) is 11.9. The first-order chi connectivity index (χ1) is 18.3. The minimum Gasteiger partial charge on any atom is -0.390 e. The molecule has 9 heteroatoms. The van der Waals surface area contributed by atoms with Gasteiger partial charge in [-0.25, -0.2) is 18.6 Å². The van der Waals surface area contributed by atoms with Gasteiger partial charge in [-0.15, -0.1) is 0 Å². The lowest BCUT2D eigenvalue weighted by Crippen LogP contribution is -2.63. The Morgan fingerprint density at radius 3 is 2.32 bits per heavy atom. The number of alkyl halides is 2. The molecule has 1 saturated heterocycles. The van der Waals surface area contributed by atoms with E-state index in [-0.39, 0.29) is 24.9 Å². The molecule has 5 fully saturated rings. The average molecular weight is 524 g/mol. The van der Waals surface area contributed by atoms with Crippen LogP contribution in [0.4, 0.5) is 36.5 Å². The highest BCUT2D eigenvalue weighted by molar-refractivity contribution is 5.98. The zero-order valence-corrected chi connectivity index (χ0v) is 21.5. The highest BCUT2D eigenvalue weighted by Gasteiger charge is 2.55. The third-order valence-electron chi connectivity index (χ3n) is 9.66. The summed E-state index contributed by atoms with van der Waals surface area (Å²) in [5.74, 6) is -0.472. The Hall–Kier alpha value is -2.94. The van der Waals surface area contributed by atoms with E-state index < -0.39 is 11.5 Å². The Morgan fingerprint density at radius 2 is 1.66 bits per heavy atom. The molecule has 6 aliphatic rings. The standard InChI is InChI=1S/C29H35F2N5O2/c30-29(31)7-9-34(10-8-29)22-5-6-25(32-18-22)35-11-12-36(24-4-2-1-3-23(24)35)27(37)33-26-20-13-19-14-21(26)17-28(38,15-19)16-20/h1-6,18-21,26,38H,7-17H2,(H,33,37)/t19?,20-,21+,26?,28?. The molecule has 0 radical (unpaired) electrons. The van der Waals surface area contributed by atoms with Crippen LogP contribution in [0.3, 0.4) is 0 Å². The molecular weight excluding hydrogens is 488 g/mol. The maximum absolute atomic E-state index is 13.6. The number of hydrogen-bond acceptors (Lipinski definition) is 5. The Morgan fingerprint density at radius 1 is 0.947 bits per heavy atom. The fraction of sp³-hybridized carbons (Fsp3) is 0.586. The molecular formula is C29H35F2N5O2. The third kappa shape index (κ3) is 4.19. The molecule has 2 amide bonds. The molecule has 3 unspecified atom stereocenters. The van der Waals surface area contributed by atoms with Gasteiger partial charge in [0.25, 0.3) is 5.92 Å². The summed E-state index contributed by atoms with van der Waals surface area (Å²) in [6.45, 7) is 1.79. The summed E-state index contributed by atoms with van der Waals surface area (Å²) in [4.78, 5) is 24.2. The highest BCUT2D eigenvalue weighted by Crippen LogP contribution is 2.55. The van der Waals surface area contributed by atoms with Gasteiger partial charge in [0.1, 0.15) is 5.82 Å². The van der Waals surface area contributed by atoms with Crippen LogP contribution in [0.25, 0.3) is 0 Å². The maximum atomic E-state index is 13.6. The van der Waals surface area contributed by atoms with Crippen LogP contribution < -0.4 is 20.0 Å². The van der Waals surface area contributed by atoms with E-state index in [1.807, 2.05) is 46.2 Å². The molecule has 8 rings (SSSR count). The van der Waals surface area contributed by atoms with E-state index >= 15 is 0 Å². The number of carbonyl (C=O) groups is 1. The number of pyridine rings is 1. The highest BCUT2D eigenvalue weighted by atomic mass is 19.3. The molecule has 38 heavy (non-hydrogen) atoms. The summed E-state index contributed by atoms with van der Waals surface area (Å²) in [5, 5.41) is 14.3. The summed E-state index contributed by atoms with van der Waals surface area (Å²) in [6.07, 6.45) is 6.25. The Kier molecular flexibility index (Phi) is 5.58. The van der Waals surface area contributed by atoms with Crippen LogP contribution in [0.15, 0.2) is 42.6 Å². The van der Waals surface area contributed by atoms with Crippen molar-refractivity contribution in [3.63, 3.8) is 0 Å². The lowest BCUT2D eigenvalue weighted by atomic mass is 9.52. The zero-order chi connectivity index (χ0) is 26.1. The van der Waals surface area contributed by atoms with Crippen molar-refractivity contribution in [3.8, 4) is 0 Å². The molecule has 2 N–H and O–H groups in total. The number of anilines is 4. The number of urea groups is 1. The van der Waals surface area contributed by atoms with Crippen molar-refractivity contribution in [1.29, 1.82) is 0 Å². The molecule has 2 aromatic rings. The van der Waals surface area contributed by atoms with Crippen molar-refractivity contribution < 1.29 is 18.7 Å². The van der Waals surface area contributed by atoms with Gasteiger partial charge in [0.2, 0.25) is 0 Å². The molecule has 4 aliphatic carbocycles. The Balaban J connectivity index is 1.07. The molecule has 0 spiro atoms. The largest absolute Gasteiger partial charge is 0.390 e. The van der Waals surface area contributed by atoms with E-state index in [9.17, 15) is 18.7 Å². The number of fused-ring (bicyclic) bond motifs is 1. The number of benzene rings is 1. The van der Waals surface area contributed by atoms with Gasteiger partial charge in [-0.3, -0.25) is 4.90 Å². The average Bonchev–Trinajstić information content (AvgIpc) is 2.89. The van der Waals surface area contributed by atoms with E-state index in [1.165, 1.54) is 0 Å². The minimum atomic E-state index is -2.57. The van der Waals surface area contributed by atoms with E-state index in [2.05, 4.69) is 15.2 Å². The van der Waals surface area contributed by atoms with Gasteiger partial charge in [-0.1, -0.05) is 12.1 Å². The number of nitrogens with zero attached hydrogens (tertiary/aromatic N) is 4. The number of amides is 2. The first-order valence-corrected chi connectivity index (χ1v) is 14.0. The van der Waals surface area contributed by atoms with Crippen LogP contribution >= 0.6 is 0 Å². The third-order valence-corrected chi connectivity index (χ3v) is 9.66. The van der Waals surface area contributed by atoms with Crippen LogP contribution in [0.2, 0.25) is 0 Å². The molecule has 1 aromatic carbocycles. The van der Waals surface area contributed by atoms with Crippen LogP contribution in [0.1, 0.15) is 44.9 Å². The van der Waals surface area contributed by atoms with Crippen molar-refractivity contribution in [2.24, 2.45) is 17.8 Å². The molecule has 2 aliphatic heterocycles. The van der Waals surface area contributed by atoms with Crippen LogP contribution in [0, 0.1) is 17.8 Å². The van der Waals surface area contributed by atoms with Crippen molar-refractivity contribution in [3.05, 3.63) is 42.6 Å². The van der Waals surface area contributed by atoms with Gasteiger partial charge in [-0.2, -0.15) is 0 Å². The van der Waals surface area contributed by atoms with Crippen molar-refractivity contribution in [1.82, 2.24) is 10.3 Å². The van der Waals surface area contributed by atoms with Gasteiger partial charge < -0.3 is 20.2 Å². The number of piperidine rings is 1. The number of rotatable bonds is 3. The molecule has 3 heterocycles. The lowest BCUT2D eigenvalue weighted by molar-refractivity contribution is -0.136. The monoisotopic (exact) mass is 523 g/mol.